The van der Waals surface area contributed by atoms with Crippen LogP contribution in [0.5, 0.6) is 0 Å². The van der Waals surface area contributed by atoms with Gasteiger partial charge in [-0.3, -0.25) is 15.2 Å². The number of pyridine rings is 1. The van der Waals surface area contributed by atoms with Gasteiger partial charge >= 0.3 is 6.09 Å². The molecule has 2 amide bonds. The summed E-state index contributed by atoms with van der Waals surface area (Å²) in [5, 5.41) is 15.1. The van der Waals surface area contributed by atoms with E-state index in [0.717, 1.165) is 0 Å². The lowest BCUT2D eigenvalue weighted by Crippen LogP contribution is -2.36. The number of rotatable bonds is 6. The van der Waals surface area contributed by atoms with Gasteiger partial charge in [-0.15, -0.1) is 0 Å². The van der Waals surface area contributed by atoms with Crippen LogP contribution in [0.2, 0.25) is 0 Å². The zero-order valence-electron chi connectivity index (χ0n) is 14.9. The average Bonchev–Trinajstić information content (AvgIpc) is 2.55. The van der Waals surface area contributed by atoms with E-state index >= 15 is 0 Å². The average molecular weight is 366 g/mol. The summed E-state index contributed by atoms with van der Waals surface area (Å²) in [4.78, 5) is 30.5. The van der Waals surface area contributed by atoms with Crippen molar-refractivity contribution in [3.63, 3.8) is 0 Å². The van der Waals surface area contributed by atoms with Crippen LogP contribution in [0.15, 0.2) is 23.3 Å². The molecule has 0 fully saturated rings. The van der Waals surface area contributed by atoms with Crippen LogP contribution in [-0.2, 0) is 16.1 Å². The predicted octanol–water partition coefficient (Wildman–Crippen LogP) is 0.957. The smallest absolute Gasteiger partial charge is 0.407 e. The van der Waals surface area contributed by atoms with Crippen LogP contribution in [0.3, 0.4) is 0 Å². The maximum atomic E-state index is 13.4. The molecule has 9 nitrogen and oxygen atoms in total. The second-order valence-electron chi connectivity index (χ2n) is 6.10. The van der Waals surface area contributed by atoms with E-state index in [-0.39, 0.29) is 18.8 Å². The number of nitrogens with one attached hydrogen (secondary N) is 4. The van der Waals surface area contributed by atoms with E-state index in [1.807, 2.05) is 0 Å². The van der Waals surface area contributed by atoms with E-state index in [1.54, 1.807) is 20.8 Å². The molecule has 1 rings (SSSR count). The first-order chi connectivity index (χ1) is 12.2. The lowest BCUT2D eigenvalue weighted by atomic mass is 10.2. The minimum absolute atomic E-state index is 0.0731. The SMILES string of the molecule is CC(C)(C)OC(=O)NCCN/C=N\C(=N)C(=O)NCc1ncccc1F. The molecule has 142 valence electrons. The van der Waals surface area contributed by atoms with Crippen molar-refractivity contribution in [3.05, 3.63) is 29.8 Å². The number of aromatic nitrogens is 1. The van der Waals surface area contributed by atoms with Crippen molar-refractivity contribution in [1.29, 1.82) is 5.41 Å². The Morgan fingerprint density at radius 2 is 2.08 bits per heavy atom. The van der Waals surface area contributed by atoms with Crippen molar-refractivity contribution >= 4 is 24.2 Å². The first kappa shape index (κ1) is 21.0. The largest absolute Gasteiger partial charge is 0.444 e. The van der Waals surface area contributed by atoms with Gasteiger partial charge in [0, 0.05) is 19.3 Å². The zero-order valence-corrected chi connectivity index (χ0v) is 14.9. The topological polar surface area (TPSA) is 129 Å². The van der Waals surface area contributed by atoms with Crippen molar-refractivity contribution in [2.24, 2.45) is 4.99 Å². The van der Waals surface area contributed by atoms with Crippen LogP contribution in [0.1, 0.15) is 26.5 Å². The standard InChI is InChI=1S/C16H23FN6O3/c1-16(2,3)26-15(25)21-8-7-19-10-23-13(18)14(24)22-9-12-11(17)5-4-6-20-12/h4-6,10H,7-9H2,1-3H3,(H,21,25)(H,22,24)(H2,18,19,23). The summed E-state index contributed by atoms with van der Waals surface area (Å²) in [5.74, 6) is -1.85. The van der Waals surface area contributed by atoms with Gasteiger partial charge in [-0.05, 0) is 32.9 Å². The molecule has 0 aromatic carbocycles. The number of carbonyl (C=O) groups is 2. The van der Waals surface area contributed by atoms with Crippen molar-refractivity contribution in [2.75, 3.05) is 13.1 Å². The number of amidine groups is 1. The normalized spacial score (nSPS) is 11.1. The molecule has 1 aromatic rings. The second-order valence-corrected chi connectivity index (χ2v) is 6.10. The highest BCUT2D eigenvalue weighted by molar-refractivity contribution is 6.37. The number of nitrogens with zero attached hydrogens (tertiary/aromatic N) is 2. The molecule has 0 aliphatic heterocycles. The molecule has 4 N–H and O–H groups in total. The minimum atomic E-state index is -0.764. The lowest BCUT2D eigenvalue weighted by Gasteiger charge is -2.19. The minimum Gasteiger partial charge on any atom is -0.444 e. The number of amides is 2. The number of hydrogen-bond donors (Lipinski definition) is 4. The van der Waals surface area contributed by atoms with Crippen molar-refractivity contribution < 1.29 is 18.7 Å². The molecular formula is C16H23FN6O3. The Bertz CT molecular complexity index is 672. The third-order valence-corrected chi connectivity index (χ3v) is 2.69. The number of aliphatic imine (C=N–C) groups is 1. The van der Waals surface area contributed by atoms with Gasteiger partial charge in [-0.2, -0.15) is 0 Å². The highest BCUT2D eigenvalue weighted by Gasteiger charge is 2.15. The third kappa shape index (κ3) is 8.71. The Morgan fingerprint density at radius 1 is 1.35 bits per heavy atom. The van der Waals surface area contributed by atoms with Crippen LogP contribution in [0, 0.1) is 11.2 Å². The highest BCUT2D eigenvalue weighted by atomic mass is 19.1. The van der Waals surface area contributed by atoms with E-state index in [9.17, 15) is 14.0 Å². The maximum absolute atomic E-state index is 13.4. The number of ether oxygens (including phenoxy) is 1. The monoisotopic (exact) mass is 366 g/mol. The lowest BCUT2D eigenvalue weighted by molar-refractivity contribution is -0.115. The molecule has 1 aromatic heterocycles. The summed E-state index contributed by atoms with van der Waals surface area (Å²) in [6.45, 7) is 5.75. The zero-order chi connectivity index (χ0) is 19.6. The Balaban J connectivity index is 2.22. The molecular weight excluding hydrogens is 343 g/mol. The maximum Gasteiger partial charge on any atom is 0.407 e. The fraction of sp³-hybridized carbons (Fsp3) is 0.438. The van der Waals surface area contributed by atoms with Gasteiger partial charge in [0.25, 0.3) is 5.91 Å². The van der Waals surface area contributed by atoms with E-state index in [4.69, 9.17) is 10.1 Å². The number of halogens is 1. The molecule has 0 aliphatic rings. The van der Waals surface area contributed by atoms with Gasteiger partial charge in [0.1, 0.15) is 11.4 Å². The predicted molar refractivity (Wildman–Crippen MR) is 94.5 cm³/mol. The molecule has 0 atom stereocenters. The van der Waals surface area contributed by atoms with Gasteiger partial charge < -0.3 is 20.7 Å². The van der Waals surface area contributed by atoms with Crippen molar-refractivity contribution in [3.8, 4) is 0 Å². The van der Waals surface area contributed by atoms with Crippen LogP contribution in [0.25, 0.3) is 0 Å². The number of hydrogen-bond acceptors (Lipinski definition) is 5. The molecule has 0 aliphatic carbocycles. The van der Waals surface area contributed by atoms with Crippen molar-refractivity contribution in [2.45, 2.75) is 32.9 Å². The first-order valence-corrected chi connectivity index (χ1v) is 7.88. The molecule has 0 spiro atoms. The molecule has 0 unspecified atom stereocenters. The highest BCUT2D eigenvalue weighted by Crippen LogP contribution is 2.06. The van der Waals surface area contributed by atoms with Crippen molar-refractivity contribution in [1.82, 2.24) is 20.9 Å². The van der Waals surface area contributed by atoms with Gasteiger partial charge in [0.05, 0.1) is 18.6 Å². The van der Waals surface area contributed by atoms with E-state index in [2.05, 4.69) is 25.9 Å². The van der Waals surface area contributed by atoms with Crippen LogP contribution in [0.4, 0.5) is 9.18 Å². The van der Waals surface area contributed by atoms with Crippen LogP contribution >= 0.6 is 0 Å². The van der Waals surface area contributed by atoms with E-state index < -0.39 is 29.3 Å². The summed E-state index contributed by atoms with van der Waals surface area (Å²) in [6.07, 6.45) is 2.04. The van der Waals surface area contributed by atoms with Gasteiger partial charge in [-0.25, -0.2) is 14.2 Å². The summed E-state index contributed by atoms with van der Waals surface area (Å²) >= 11 is 0. The molecule has 0 saturated heterocycles. The number of alkyl carbamates (subject to hydrolysis) is 1. The fourth-order valence-electron chi connectivity index (χ4n) is 1.58. The molecule has 26 heavy (non-hydrogen) atoms. The Kier molecular flexibility index (Phi) is 8.13. The first-order valence-electron chi connectivity index (χ1n) is 7.88. The third-order valence-electron chi connectivity index (χ3n) is 2.69. The Morgan fingerprint density at radius 3 is 2.73 bits per heavy atom. The van der Waals surface area contributed by atoms with Gasteiger partial charge in [-0.1, -0.05) is 0 Å². The molecule has 0 bridgehead atoms. The molecule has 0 saturated carbocycles. The van der Waals surface area contributed by atoms with E-state index in [1.165, 1.54) is 24.7 Å². The Labute approximate surface area is 150 Å². The van der Waals surface area contributed by atoms with Crippen LogP contribution in [-0.4, -0.2) is 47.8 Å². The molecule has 10 heteroatoms. The number of carbonyl (C=O) groups excluding carboxylic acids is 2. The molecule has 1 heterocycles. The van der Waals surface area contributed by atoms with E-state index in [0.29, 0.717) is 6.54 Å². The summed E-state index contributed by atoms with van der Waals surface area (Å²) in [5.41, 5.74) is -0.497. The quantitative estimate of drug-likeness (QED) is 0.339. The summed E-state index contributed by atoms with van der Waals surface area (Å²) in [7, 11) is 0. The Hall–Kier alpha value is -3.04. The fourth-order valence-corrected chi connectivity index (χ4v) is 1.58. The van der Waals surface area contributed by atoms with Gasteiger partial charge in [0.15, 0.2) is 0 Å². The summed E-state index contributed by atoms with van der Waals surface area (Å²) < 4.78 is 18.4. The van der Waals surface area contributed by atoms with Crippen LogP contribution < -0.4 is 16.0 Å². The summed E-state index contributed by atoms with van der Waals surface area (Å²) in [6, 6.07) is 2.67. The molecule has 0 radical (unpaired) electrons. The second kappa shape index (κ2) is 10.1. The van der Waals surface area contributed by atoms with Gasteiger partial charge in [0.2, 0.25) is 5.84 Å².